The summed E-state index contributed by atoms with van der Waals surface area (Å²) in [6.07, 6.45) is 0. The van der Waals surface area contributed by atoms with E-state index in [4.69, 9.17) is 0 Å². The maximum Gasteiger partial charge on any atom is 0.250 e. The topological polar surface area (TPSA) is 84.5 Å². The maximum absolute atomic E-state index is 11.3. The molecule has 1 amide bonds. The second kappa shape index (κ2) is 6.72. The number of methoxy groups -OCH3 is 1. The van der Waals surface area contributed by atoms with E-state index >= 15 is 0 Å². The molecule has 1 rings (SSSR count). The largest absolute Gasteiger partial charge is 0.375 e. The zero-order valence-electron chi connectivity index (χ0n) is 9.64. The van der Waals surface area contributed by atoms with Crippen molar-refractivity contribution in [3.63, 3.8) is 0 Å². The van der Waals surface area contributed by atoms with Crippen LogP contribution in [-0.2, 0) is 19.6 Å². The van der Waals surface area contributed by atoms with Crippen molar-refractivity contribution in [2.45, 2.75) is 0 Å². The number of benzene rings is 1. The summed E-state index contributed by atoms with van der Waals surface area (Å²) >= 11 is 2.87. The van der Waals surface area contributed by atoms with Gasteiger partial charge in [-0.25, -0.2) is 8.42 Å². The molecule has 0 saturated carbocycles. The molecule has 0 aromatic heterocycles. The van der Waals surface area contributed by atoms with E-state index in [9.17, 15) is 13.2 Å². The number of nitrogens with one attached hydrogen (secondary N) is 2. The average molecular weight is 337 g/mol. The lowest BCUT2D eigenvalue weighted by Gasteiger charge is -2.07. The standard InChI is InChI=1S/C10H13BrN2O4S/c1-17-6-10(14)12-8-2-4-9(5-3-8)13-18(15,16)7-11/h2-5,13H,6-7H2,1H3,(H,12,14). The third-order valence-electron chi connectivity index (χ3n) is 1.86. The third kappa shape index (κ3) is 5.03. The fraction of sp³-hybridized carbons (Fsp3) is 0.300. The van der Waals surface area contributed by atoms with E-state index < -0.39 is 10.0 Å². The predicted molar refractivity (Wildman–Crippen MR) is 73.3 cm³/mol. The van der Waals surface area contributed by atoms with E-state index in [2.05, 4.69) is 30.7 Å². The summed E-state index contributed by atoms with van der Waals surface area (Å²) in [7, 11) is -1.93. The molecular formula is C10H13BrN2O4S. The Bertz CT molecular complexity index is 501. The quantitative estimate of drug-likeness (QED) is 0.768. The van der Waals surface area contributed by atoms with Crippen LogP contribution in [0.2, 0.25) is 0 Å². The lowest BCUT2D eigenvalue weighted by molar-refractivity contribution is -0.119. The molecule has 0 bridgehead atoms. The maximum atomic E-state index is 11.3. The third-order valence-corrected chi connectivity index (χ3v) is 4.50. The van der Waals surface area contributed by atoms with Gasteiger partial charge in [-0.15, -0.1) is 0 Å². The Balaban J connectivity index is 2.66. The van der Waals surface area contributed by atoms with Gasteiger partial charge in [-0.2, -0.15) is 0 Å². The smallest absolute Gasteiger partial charge is 0.250 e. The Morgan fingerprint density at radius 3 is 2.33 bits per heavy atom. The predicted octanol–water partition coefficient (Wildman–Crippen LogP) is 1.37. The number of carbonyl (C=O) groups is 1. The van der Waals surface area contributed by atoms with Gasteiger partial charge in [0.2, 0.25) is 15.9 Å². The first-order chi connectivity index (χ1) is 8.46. The first-order valence-corrected chi connectivity index (χ1v) is 7.69. The molecule has 100 valence electrons. The van der Waals surface area contributed by atoms with Crippen molar-refractivity contribution in [2.75, 3.05) is 28.4 Å². The number of rotatable bonds is 6. The first-order valence-electron chi connectivity index (χ1n) is 4.92. The number of ether oxygens (including phenoxy) is 1. The van der Waals surface area contributed by atoms with Crippen molar-refractivity contribution in [3.8, 4) is 0 Å². The molecule has 1 aromatic carbocycles. The van der Waals surface area contributed by atoms with Crippen LogP contribution in [0.25, 0.3) is 0 Å². The molecule has 2 N–H and O–H groups in total. The minimum Gasteiger partial charge on any atom is -0.375 e. The number of halogens is 1. The van der Waals surface area contributed by atoms with Crippen molar-refractivity contribution < 1.29 is 17.9 Å². The van der Waals surface area contributed by atoms with Crippen LogP contribution in [0.1, 0.15) is 0 Å². The number of amides is 1. The van der Waals surface area contributed by atoms with Crippen LogP contribution in [0.5, 0.6) is 0 Å². The van der Waals surface area contributed by atoms with Gasteiger partial charge in [-0.3, -0.25) is 9.52 Å². The highest BCUT2D eigenvalue weighted by molar-refractivity contribution is 9.10. The fourth-order valence-corrected chi connectivity index (χ4v) is 2.05. The molecule has 0 fully saturated rings. The van der Waals surface area contributed by atoms with Crippen LogP contribution in [0.15, 0.2) is 24.3 Å². The summed E-state index contributed by atoms with van der Waals surface area (Å²) in [6, 6.07) is 6.31. The molecule has 0 aliphatic heterocycles. The van der Waals surface area contributed by atoms with Crippen molar-refractivity contribution in [1.82, 2.24) is 0 Å². The highest BCUT2D eigenvalue weighted by Gasteiger charge is 2.07. The summed E-state index contributed by atoms with van der Waals surface area (Å²) in [5, 5.41) is 2.60. The van der Waals surface area contributed by atoms with Gasteiger partial charge in [0.1, 0.15) is 11.3 Å². The lowest BCUT2D eigenvalue weighted by atomic mass is 10.3. The normalized spacial score (nSPS) is 11.0. The van der Waals surface area contributed by atoms with Gasteiger partial charge in [0.25, 0.3) is 0 Å². The summed E-state index contributed by atoms with van der Waals surface area (Å²) in [5.41, 5.74) is 0.998. The van der Waals surface area contributed by atoms with Crippen molar-refractivity contribution in [2.24, 2.45) is 0 Å². The minimum absolute atomic E-state index is 0.0298. The van der Waals surface area contributed by atoms with E-state index in [0.717, 1.165) is 0 Å². The Morgan fingerprint density at radius 2 is 1.83 bits per heavy atom. The first kappa shape index (κ1) is 14.9. The zero-order chi connectivity index (χ0) is 13.6. The highest BCUT2D eigenvalue weighted by atomic mass is 79.9. The number of carbonyl (C=O) groups excluding carboxylic acids is 1. The van der Waals surface area contributed by atoms with Crippen LogP contribution < -0.4 is 10.0 Å². The van der Waals surface area contributed by atoms with Crippen LogP contribution >= 0.6 is 15.9 Å². The average Bonchev–Trinajstić information content (AvgIpc) is 2.32. The fourth-order valence-electron chi connectivity index (χ4n) is 1.16. The minimum atomic E-state index is -3.36. The molecule has 0 spiro atoms. The van der Waals surface area contributed by atoms with Gasteiger partial charge >= 0.3 is 0 Å². The Labute approximate surface area is 114 Å². The summed E-state index contributed by atoms with van der Waals surface area (Å²) in [5.74, 6) is -0.272. The molecule has 1 aromatic rings. The Kier molecular flexibility index (Phi) is 5.57. The van der Waals surface area contributed by atoms with Gasteiger partial charge < -0.3 is 10.1 Å². The van der Waals surface area contributed by atoms with Gasteiger partial charge in [0.05, 0.1) is 0 Å². The van der Waals surface area contributed by atoms with E-state index in [1.807, 2.05) is 0 Å². The summed E-state index contributed by atoms with van der Waals surface area (Å²) < 4.78 is 29.4. The SMILES string of the molecule is COCC(=O)Nc1ccc(NS(=O)(=O)CBr)cc1. The molecular weight excluding hydrogens is 324 g/mol. The van der Waals surface area contributed by atoms with E-state index in [0.29, 0.717) is 11.4 Å². The molecule has 0 aliphatic carbocycles. The monoisotopic (exact) mass is 336 g/mol. The molecule has 0 heterocycles. The zero-order valence-corrected chi connectivity index (χ0v) is 12.0. The van der Waals surface area contributed by atoms with Gasteiger partial charge in [0.15, 0.2) is 0 Å². The van der Waals surface area contributed by atoms with E-state index in [1.54, 1.807) is 24.3 Å². The second-order valence-electron chi connectivity index (χ2n) is 3.38. The van der Waals surface area contributed by atoms with Gasteiger partial charge in [0, 0.05) is 18.5 Å². The van der Waals surface area contributed by atoms with E-state index in [1.165, 1.54) is 7.11 Å². The summed E-state index contributed by atoms with van der Waals surface area (Å²) in [6.45, 7) is -0.0298. The highest BCUT2D eigenvalue weighted by Crippen LogP contribution is 2.15. The van der Waals surface area contributed by atoms with Crippen molar-refractivity contribution >= 4 is 43.2 Å². The molecule has 0 radical (unpaired) electrons. The van der Waals surface area contributed by atoms with Crippen LogP contribution in [0.4, 0.5) is 11.4 Å². The Morgan fingerprint density at radius 1 is 1.28 bits per heavy atom. The van der Waals surface area contributed by atoms with Gasteiger partial charge in [-0.1, -0.05) is 15.9 Å². The molecule has 8 heteroatoms. The van der Waals surface area contributed by atoms with Crippen LogP contribution in [0.3, 0.4) is 0 Å². The number of hydrogen-bond donors (Lipinski definition) is 2. The van der Waals surface area contributed by atoms with Crippen molar-refractivity contribution in [3.05, 3.63) is 24.3 Å². The number of sulfonamides is 1. The number of alkyl halides is 1. The molecule has 18 heavy (non-hydrogen) atoms. The molecule has 6 nitrogen and oxygen atoms in total. The van der Waals surface area contributed by atoms with E-state index in [-0.39, 0.29) is 17.2 Å². The number of hydrogen-bond acceptors (Lipinski definition) is 4. The van der Waals surface area contributed by atoms with Crippen LogP contribution in [0, 0.1) is 0 Å². The Hall–Kier alpha value is -1.12. The second-order valence-corrected chi connectivity index (χ2v) is 6.41. The summed E-state index contributed by atoms with van der Waals surface area (Å²) in [4.78, 5) is 11.2. The molecule has 0 saturated heterocycles. The van der Waals surface area contributed by atoms with Crippen molar-refractivity contribution in [1.29, 1.82) is 0 Å². The molecule has 0 aliphatic rings. The van der Waals surface area contributed by atoms with Gasteiger partial charge in [-0.05, 0) is 24.3 Å². The lowest BCUT2D eigenvalue weighted by Crippen LogP contribution is -2.17. The molecule has 0 atom stereocenters. The molecule has 0 unspecified atom stereocenters. The van der Waals surface area contributed by atoms with Crippen LogP contribution in [-0.4, -0.2) is 32.7 Å². The number of anilines is 2.